The molecule has 0 aliphatic carbocycles. The zero-order valence-corrected chi connectivity index (χ0v) is 10.2. The molecular formula is C11H15ClF2N2O. The van der Waals surface area contributed by atoms with Gasteiger partial charge in [0.15, 0.2) is 0 Å². The fraction of sp³-hybridized carbons (Fsp3) is 0.455. The van der Waals surface area contributed by atoms with Crippen LogP contribution in [0.3, 0.4) is 0 Å². The van der Waals surface area contributed by atoms with Crippen molar-refractivity contribution in [1.82, 2.24) is 5.43 Å². The zero-order valence-electron chi connectivity index (χ0n) is 9.47. The molecule has 1 rings (SSSR count). The summed E-state index contributed by atoms with van der Waals surface area (Å²) in [5.41, 5.74) is 2.49. The Morgan fingerprint density at radius 2 is 2.12 bits per heavy atom. The van der Waals surface area contributed by atoms with Gasteiger partial charge in [-0.3, -0.25) is 11.3 Å². The Kier molecular flexibility index (Phi) is 5.77. The lowest BCUT2D eigenvalue weighted by Crippen LogP contribution is -2.32. The van der Waals surface area contributed by atoms with E-state index in [1.165, 1.54) is 0 Å². The lowest BCUT2D eigenvalue weighted by atomic mass is 10.1. The Bertz CT molecular complexity index is 377. The molecule has 0 saturated heterocycles. The lowest BCUT2D eigenvalue weighted by molar-refractivity contribution is 0.111. The van der Waals surface area contributed by atoms with Crippen molar-refractivity contribution < 1.29 is 13.5 Å². The molecule has 17 heavy (non-hydrogen) atoms. The van der Waals surface area contributed by atoms with Gasteiger partial charge in [-0.25, -0.2) is 8.78 Å². The minimum Gasteiger partial charge on any atom is -0.379 e. The maximum absolute atomic E-state index is 13.6. The molecule has 0 fully saturated rings. The standard InChI is InChI=1S/C11H15ClF2N2O/c1-2-3-17-6-11(16-15)7-4-10(14)8(12)5-9(7)13/h4-5,11,16H,2-3,6,15H2,1H3. The van der Waals surface area contributed by atoms with Gasteiger partial charge in [0, 0.05) is 12.2 Å². The molecule has 1 aromatic carbocycles. The lowest BCUT2D eigenvalue weighted by Gasteiger charge is -2.17. The van der Waals surface area contributed by atoms with Gasteiger partial charge in [0.05, 0.1) is 17.7 Å². The summed E-state index contributed by atoms with van der Waals surface area (Å²) in [6.07, 6.45) is 0.842. The van der Waals surface area contributed by atoms with Crippen molar-refractivity contribution in [2.45, 2.75) is 19.4 Å². The van der Waals surface area contributed by atoms with Gasteiger partial charge in [-0.2, -0.15) is 0 Å². The summed E-state index contributed by atoms with van der Waals surface area (Å²) in [7, 11) is 0. The minimum atomic E-state index is -0.682. The molecule has 0 heterocycles. The third kappa shape index (κ3) is 3.89. The monoisotopic (exact) mass is 264 g/mol. The second kappa shape index (κ2) is 6.86. The molecular weight excluding hydrogens is 250 g/mol. The molecule has 0 bridgehead atoms. The first kappa shape index (κ1) is 14.3. The first-order valence-corrected chi connectivity index (χ1v) is 5.66. The highest BCUT2D eigenvalue weighted by molar-refractivity contribution is 6.30. The van der Waals surface area contributed by atoms with E-state index < -0.39 is 17.7 Å². The van der Waals surface area contributed by atoms with Gasteiger partial charge in [-0.1, -0.05) is 18.5 Å². The molecule has 1 unspecified atom stereocenters. The SMILES string of the molecule is CCCOCC(NN)c1cc(F)c(Cl)cc1F. The molecule has 0 spiro atoms. The van der Waals surface area contributed by atoms with Crippen LogP contribution in [0.25, 0.3) is 0 Å². The Balaban J connectivity index is 2.84. The molecule has 96 valence electrons. The van der Waals surface area contributed by atoms with Crippen LogP contribution in [-0.2, 0) is 4.74 Å². The van der Waals surface area contributed by atoms with Crippen molar-refractivity contribution in [2.24, 2.45) is 5.84 Å². The van der Waals surface area contributed by atoms with Gasteiger partial charge < -0.3 is 4.74 Å². The molecule has 3 N–H and O–H groups in total. The van der Waals surface area contributed by atoms with Crippen LogP contribution in [-0.4, -0.2) is 13.2 Å². The maximum Gasteiger partial charge on any atom is 0.142 e. The van der Waals surface area contributed by atoms with E-state index in [0.29, 0.717) is 6.61 Å². The second-order valence-electron chi connectivity index (χ2n) is 3.58. The summed E-state index contributed by atoms with van der Waals surface area (Å²) < 4.78 is 32.1. The number of hydrogen-bond acceptors (Lipinski definition) is 3. The Morgan fingerprint density at radius 3 is 2.71 bits per heavy atom. The third-order valence-electron chi connectivity index (χ3n) is 2.25. The summed E-state index contributed by atoms with van der Waals surface area (Å²) in [6, 6.07) is 1.35. The summed E-state index contributed by atoms with van der Waals surface area (Å²) in [6.45, 7) is 2.66. The van der Waals surface area contributed by atoms with E-state index in [4.69, 9.17) is 22.2 Å². The van der Waals surface area contributed by atoms with Gasteiger partial charge in [0.2, 0.25) is 0 Å². The van der Waals surface area contributed by atoms with Crippen molar-refractivity contribution in [1.29, 1.82) is 0 Å². The number of ether oxygens (including phenoxy) is 1. The molecule has 0 amide bonds. The van der Waals surface area contributed by atoms with Crippen LogP contribution in [0.4, 0.5) is 8.78 Å². The quantitative estimate of drug-likeness (QED) is 0.359. The first-order chi connectivity index (χ1) is 8.10. The Labute approximate surface area is 104 Å². The smallest absolute Gasteiger partial charge is 0.142 e. The summed E-state index contributed by atoms with van der Waals surface area (Å²) in [5.74, 6) is 4.00. The molecule has 0 saturated carbocycles. The van der Waals surface area contributed by atoms with E-state index in [-0.39, 0.29) is 17.2 Å². The van der Waals surface area contributed by atoms with Crippen LogP contribution in [0.5, 0.6) is 0 Å². The highest BCUT2D eigenvalue weighted by Gasteiger charge is 2.17. The van der Waals surface area contributed by atoms with Crippen LogP contribution in [0, 0.1) is 11.6 Å². The van der Waals surface area contributed by atoms with Crippen LogP contribution in [0.15, 0.2) is 12.1 Å². The van der Waals surface area contributed by atoms with Gasteiger partial charge >= 0.3 is 0 Å². The second-order valence-corrected chi connectivity index (χ2v) is 3.99. The third-order valence-corrected chi connectivity index (χ3v) is 2.54. The predicted molar refractivity (Wildman–Crippen MR) is 62.5 cm³/mol. The van der Waals surface area contributed by atoms with Crippen LogP contribution in [0.2, 0.25) is 5.02 Å². The van der Waals surface area contributed by atoms with Gasteiger partial charge in [-0.15, -0.1) is 0 Å². The fourth-order valence-electron chi connectivity index (χ4n) is 1.38. The topological polar surface area (TPSA) is 47.3 Å². The van der Waals surface area contributed by atoms with E-state index >= 15 is 0 Å². The number of halogens is 3. The predicted octanol–water partition coefficient (Wildman–Crippen LogP) is 2.55. The molecule has 0 aromatic heterocycles. The van der Waals surface area contributed by atoms with Crippen molar-refractivity contribution in [2.75, 3.05) is 13.2 Å². The highest BCUT2D eigenvalue weighted by Crippen LogP contribution is 2.23. The zero-order chi connectivity index (χ0) is 12.8. The van der Waals surface area contributed by atoms with E-state index in [0.717, 1.165) is 18.6 Å². The number of benzene rings is 1. The van der Waals surface area contributed by atoms with E-state index in [1.807, 2.05) is 6.92 Å². The minimum absolute atomic E-state index is 0.102. The van der Waals surface area contributed by atoms with Crippen molar-refractivity contribution in [3.63, 3.8) is 0 Å². The molecule has 0 aliphatic heterocycles. The summed E-state index contributed by atoms with van der Waals surface area (Å²) in [5, 5.41) is -0.253. The van der Waals surface area contributed by atoms with E-state index in [2.05, 4.69) is 5.43 Å². The molecule has 0 aliphatic rings. The van der Waals surface area contributed by atoms with E-state index in [1.54, 1.807) is 0 Å². The van der Waals surface area contributed by atoms with Crippen molar-refractivity contribution in [3.8, 4) is 0 Å². The first-order valence-electron chi connectivity index (χ1n) is 5.28. The number of rotatable bonds is 6. The Morgan fingerprint density at radius 1 is 1.41 bits per heavy atom. The maximum atomic E-state index is 13.6. The number of nitrogens with one attached hydrogen (secondary N) is 1. The van der Waals surface area contributed by atoms with Crippen LogP contribution in [0.1, 0.15) is 24.9 Å². The van der Waals surface area contributed by atoms with Crippen LogP contribution >= 0.6 is 11.6 Å². The fourth-order valence-corrected chi connectivity index (χ4v) is 1.53. The largest absolute Gasteiger partial charge is 0.379 e. The molecule has 3 nitrogen and oxygen atoms in total. The molecule has 6 heteroatoms. The van der Waals surface area contributed by atoms with Gasteiger partial charge in [-0.05, 0) is 18.6 Å². The Hall–Kier alpha value is -0.750. The van der Waals surface area contributed by atoms with Crippen molar-refractivity contribution in [3.05, 3.63) is 34.4 Å². The highest BCUT2D eigenvalue weighted by atomic mass is 35.5. The summed E-state index contributed by atoms with van der Waals surface area (Å²) in [4.78, 5) is 0. The molecule has 1 aromatic rings. The number of hydrogen-bond donors (Lipinski definition) is 2. The van der Waals surface area contributed by atoms with Crippen molar-refractivity contribution >= 4 is 11.6 Å². The van der Waals surface area contributed by atoms with Gasteiger partial charge in [0.1, 0.15) is 11.6 Å². The average Bonchev–Trinajstić information content (AvgIpc) is 2.30. The van der Waals surface area contributed by atoms with E-state index in [9.17, 15) is 8.78 Å². The number of hydrazine groups is 1. The average molecular weight is 265 g/mol. The van der Waals surface area contributed by atoms with Crippen LogP contribution < -0.4 is 11.3 Å². The number of nitrogens with two attached hydrogens (primary N) is 1. The normalized spacial score (nSPS) is 12.8. The molecule has 0 radical (unpaired) electrons. The van der Waals surface area contributed by atoms with Gasteiger partial charge in [0.25, 0.3) is 0 Å². The molecule has 1 atom stereocenters. The summed E-state index contributed by atoms with van der Waals surface area (Å²) >= 11 is 5.46.